The SMILES string of the molecule is CCNC(c1ccoc1)c1cc(Cl)sc1Cl. The highest BCUT2D eigenvalue weighted by Gasteiger charge is 2.19. The molecule has 1 unspecified atom stereocenters. The minimum Gasteiger partial charge on any atom is -0.472 e. The first-order valence-electron chi connectivity index (χ1n) is 4.92. The Morgan fingerprint density at radius 1 is 1.50 bits per heavy atom. The maximum Gasteiger partial charge on any atom is 0.0995 e. The summed E-state index contributed by atoms with van der Waals surface area (Å²) in [4.78, 5) is 0. The molecule has 1 N–H and O–H groups in total. The van der Waals surface area contributed by atoms with Crippen molar-refractivity contribution in [1.29, 1.82) is 0 Å². The summed E-state index contributed by atoms with van der Waals surface area (Å²) in [5.41, 5.74) is 2.05. The van der Waals surface area contributed by atoms with Crippen molar-refractivity contribution in [2.24, 2.45) is 0 Å². The molecule has 2 rings (SSSR count). The summed E-state index contributed by atoms with van der Waals surface area (Å²) >= 11 is 13.5. The van der Waals surface area contributed by atoms with E-state index in [-0.39, 0.29) is 6.04 Å². The maximum atomic E-state index is 6.16. The van der Waals surface area contributed by atoms with E-state index < -0.39 is 0 Å². The second-order valence-electron chi connectivity index (χ2n) is 3.33. The van der Waals surface area contributed by atoms with Crippen LogP contribution >= 0.6 is 34.5 Å². The molecule has 2 nitrogen and oxygen atoms in total. The lowest BCUT2D eigenvalue weighted by Gasteiger charge is -2.15. The van der Waals surface area contributed by atoms with E-state index in [0.29, 0.717) is 4.34 Å². The zero-order valence-corrected chi connectivity index (χ0v) is 11.0. The Hall–Kier alpha value is -0.480. The monoisotopic (exact) mass is 275 g/mol. The van der Waals surface area contributed by atoms with E-state index >= 15 is 0 Å². The van der Waals surface area contributed by atoms with Gasteiger partial charge in [0.2, 0.25) is 0 Å². The van der Waals surface area contributed by atoms with E-state index in [4.69, 9.17) is 27.6 Å². The topological polar surface area (TPSA) is 25.2 Å². The molecule has 16 heavy (non-hydrogen) atoms. The summed E-state index contributed by atoms with van der Waals surface area (Å²) < 4.78 is 6.52. The first kappa shape index (κ1) is 12.0. The van der Waals surface area contributed by atoms with Crippen molar-refractivity contribution in [2.45, 2.75) is 13.0 Å². The number of hydrogen-bond donors (Lipinski definition) is 1. The molecule has 0 aliphatic rings. The van der Waals surface area contributed by atoms with Crippen LogP contribution in [0.3, 0.4) is 0 Å². The zero-order valence-electron chi connectivity index (χ0n) is 8.67. The molecule has 1 atom stereocenters. The van der Waals surface area contributed by atoms with Gasteiger partial charge in [-0.05, 0) is 18.7 Å². The first-order valence-corrected chi connectivity index (χ1v) is 6.49. The van der Waals surface area contributed by atoms with Crippen molar-refractivity contribution in [2.75, 3.05) is 6.54 Å². The number of thiophene rings is 1. The molecular weight excluding hydrogens is 265 g/mol. The Bertz CT molecular complexity index is 453. The van der Waals surface area contributed by atoms with Gasteiger partial charge in [-0.3, -0.25) is 0 Å². The molecule has 0 bridgehead atoms. The molecule has 0 aliphatic heterocycles. The minimum atomic E-state index is 0.0417. The van der Waals surface area contributed by atoms with Gasteiger partial charge in [-0.25, -0.2) is 0 Å². The van der Waals surface area contributed by atoms with Crippen LogP contribution in [0.1, 0.15) is 24.1 Å². The highest BCUT2D eigenvalue weighted by Crippen LogP contribution is 2.37. The maximum absolute atomic E-state index is 6.16. The molecule has 2 heterocycles. The van der Waals surface area contributed by atoms with Crippen LogP contribution in [-0.4, -0.2) is 6.54 Å². The molecule has 0 amide bonds. The molecule has 5 heteroatoms. The lowest BCUT2D eigenvalue weighted by Crippen LogP contribution is -2.21. The van der Waals surface area contributed by atoms with Gasteiger partial charge >= 0.3 is 0 Å². The van der Waals surface area contributed by atoms with Crippen LogP contribution in [0.25, 0.3) is 0 Å². The number of rotatable bonds is 4. The van der Waals surface area contributed by atoms with E-state index in [9.17, 15) is 0 Å². The molecular formula is C11H11Cl2NOS. The van der Waals surface area contributed by atoms with Crippen LogP contribution in [0.15, 0.2) is 29.1 Å². The van der Waals surface area contributed by atoms with Crippen molar-refractivity contribution in [1.82, 2.24) is 5.32 Å². The standard InChI is InChI=1S/C11H11Cl2NOS/c1-2-14-10(7-3-4-15-6-7)8-5-9(12)16-11(8)13/h3-6,10,14H,2H2,1H3. The fourth-order valence-electron chi connectivity index (χ4n) is 1.60. The Morgan fingerprint density at radius 3 is 2.81 bits per heavy atom. The number of halogens is 2. The molecule has 86 valence electrons. The molecule has 0 aromatic carbocycles. The molecule has 0 spiro atoms. The highest BCUT2D eigenvalue weighted by atomic mass is 35.5. The van der Waals surface area contributed by atoms with Crippen LogP contribution in [0.5, 0.6) is 0 Å². The van der Waals surface area contributed by atoms with Crippen LogP contribution < -0.4 is 5.32 Å². The first-order chi connectivity index (χ1) is 7.72. The summed E-state index contributed by atoms with van der Waals surface area (Å²) in [6.07, 6.45) is 3.37. The smallest absolute Gasteiger partial charge is 0.0995 e. The van der Waals surface area contributed by atoms with Gasteiger partial charge in [0.1, 0.15) is 0 Å². The van der Waals surface area contributed by atoms with Gasteiger partial charge in [-0.2, -0.15) is 0 Å². The Balaban J connectivity index is 2.36. The number of furan rings is 1. The van der Waals surface area contributed by atoms with Crippen molar-refractivity contribution < 1.29 is 4.42 Å². The van der Waals surface area contributed by atoms with E-state index in [2.05, 4.69) is 12.2 Å². The van der Waals surface area contributed by atoms with Gasteiger partial charge in [-0.1, -0.05) is 30.1 Å². The Kier molecular flexibility index (Phi) is 3.92. The average Bonchev–Trinajstić information content (AvgIpc) is 2.85. The number of hydrogen-bond acceptors (Lipinski definition) is 3. The highest BCUT2D eigenvalue weighted by molar-refractivity contribution is 7.20. The van der Waals surface area contributed by atoms with Crippen LogP contribution in [0.4, 0.5) is 0 Å². The molecule has 0 saturated carbocycles. The quantitative estimate of drug-likeness (QED) is 0.898. The van der Waals surface area contributed by atoms with Crippen molar-refractivity contribution in [3.05, 3.63) is 44.5 Å². The largest absolute Gasteiger partial charge is 0.472 e. The fourth-order valence-corrected chi connectivity index (χ4v) is 3.13. The van der Waals surface area contributed by atoms with Gasteiger partial charge in [0.15, 0.2) is 0 Å². The minimum absolute atomic E-state index is 0.0417. The summed E-state index contributed by atoms with van der Waals surface area (Å²) in [5.74, 6) is 0. The van der Waals surface area contributed by atoms with E-state index in [1.807, 2.05) is 12.1 Å². The van der Waals surface area contributed by atoms with Crippen LogP contribution in [0.2, 0.25) is 8.67 Å². The van der Waals surface area contributed by atoms with Crippen LogP contribution in [0, 0.1) is 0 Å². The third-order valence-corrected chi connectivity index (χ3v) is 3.80. The van der Waals surface area contributed by atoms with Crippen molar-refractivity contribution >= 4 is 34.5 Å². The van der Waals surface area contributed by atoms with Gasteiger partial charge < -0.3 is 9.73 Å². The average molecular weight is 276 g/mol. The summed E-state index contributed by atoms with van der Waals surface area (Å²) in [7, 11) is 0. The summed E-state index contributed by atoms with van der Waals surface area (Å²) in [6, 6.07) is 3.87. The third kappa shape index (κ3) is 2.43. The van der Waals surface area contributed by atoms with Crippen LogP contribution in [-0.2, 0) is 0 Å². The van der Waals surface area contributed by atoms with Gasteiger partial charge in [-0.15, -0.1) is 11.3 Å². The molecule has 2 aromatic rings. The molecule has 0 radical (unpaired) electrons. The molecule has 2 aromatic heterocycles. The summed E-state index contributed by atoms with van der Waals surface area (Å²) in [5, 5.41) is 3.36. The van der Waals surface area contributed by atoms with Gasteiger partial charge in [0.25, 0.3) is 0 Å². The number of nitrogens with one attached hydrogen (secondary N) is 1. The van der Waals surface area contributed by atoms with Gasteiger partial charge in [0, 0.05) is 11.1 Å². The Labute approximate surface area is 108 Å². The fraction of sp³-hybridized carbons (Fsp3) is 0.273. The predicted octanol–water partition coefficient (Wildman–Crippen LogP) is 4.35. The second-order valence-corrected chi connectivity index (χ2v) is 5.61. The van der Waals surface area contributed by atoms with Crippen molar-refractivity contribution in [3.8, 4) is 0 Å². The Morgan fingerprint density at radius 2 is 2.31 bits per heavy atom. The third-order valence-electron chi connectivity index (χ3n) is 2.28. The molecule has 0 aliphatic carbocycles. The lowest BCUT2D eigenvalue weighted by atomic mass is 10.0. The molecule has 0 fully saturated rings. The van der Waals surface area contributed by atoms with E-state index in [1.165, 1.54) is 11.3 Å². The zero-order chi connectivity index (χ0) is 11.5. The lowest BCUT2D eigenvalue weighted by molar-refractivity contribution is 0.553. The van der Waals surface area contributed by atoms with Gasteiger partial charge in [0.05, 0.1) is 27.2 Å². The normalized spacial score (nSPS) is 12.9. The van der Waals surface area contributed by atoms with E-state index in [1.54, 1.807) is 12.5 Å². The predicted molar refractivity (Wildman–Crippen MR) is 68.6 cm³/mol. The van der Waals surface area contributed by atoms with Crippen molar-refractivity contribution in [3.63, 3.8) is 0 Å². The molecule has 0 saturated heterocycles. The summed E-state index contributed by atoms with van der Waals surface area (Å²) in [6.45, 7) is 2.90. The second kappa shape index (κ2) is 5.23. The van der Waals surface area contributed by atoms with E-state index in [0.717, 1.165) is 22.0 Å².